The number of hydrogen-bond donors (Lipinski definition) is 0. The number of nitrogens with zero attached hydrogens (tertiary/aromatic N) is 3. The van der Waals surface area contributed by atoms with Gasteiger partial charge in [-0.2, -0.15) is 5.26 Å². The van der Waals surface area contributed by atoms with Gasteiger partial charge in [-0.1, -0.05) is 43.0 Å². The van der Waals surface area contributed by atoms with Crippen molar-refractivity contribution in [3.05, 3.63) is 95.6 Å². The van der Waals surface area contributed by atoms with E-state index in [1.807, 2.05) is 49.5 Å². The molecular weight excluding hydrogens is 282 g/mol. The zero-order chi connectivity index (χ0) is 16.2. The molecule has 0 aliphatic carbocycles. The molecule has 0 aliphatic heterocycles. The summed E-state index contributed by atoms with van der Waals surface area (Å²) in [5.41, 5.74) is 4.65. The van der Waals surface area contributed by atoms with E-state index >= 15 is 0 Å². The van der Waals surface area contributed by atoms with E-state index in [9.17, 15) is 0 Å². The van der Waals surface area contributed by atoms with Crippen LogP contribution in [0.15, 0.2) is 67.5 Å². The molecule has 0 unspecified atom stereocenters. The zero-order valence-electron chi connectivity index (χ0n) is 13.0. The lowest BCUT2D eigenvalue weighted by molar-refractivity contribution is 0.783. The summed E-state index contributed by atoms with van der Waals surface area (Å²) in [5, 5.41) is 9.15. The maximum atomic E-state index is 9.15. The number of aryl methyl sites for hydroxylation is 1. The second kappa shape index (κ2) is 6.33. The molecule has 2 aromatic carbocycles. The lowest BCUT2D eigenvalue weighted by Crippen LogP contribution is -2.04. The van der Waals surface area contributed by atoms with E-state index in [-0.39, 0.29) is 0 Å². The summed E-state index contributed by atoms with van der Waals surface area (Å²) < 4.78 is 2.08. The molecule has 3 rings (SSSR count). The van der Waals surface area contributed by atoms with Crippen molar-refractivity contribution in [2.24, 2.45) is 0 Å². The Kier molecular flexibility index (Phi) is 4.07. The van der Waals surface area contributed by atoms with Gasteiger partial charge in [0.25, 0.3) is 0 Å². The minimum Gasteiger partial charge on any atom is -0.327 e. The number of hydrogen-bond acceptors (Lipinski definition) is 2. The van der Waals surface area contributed by atoms with Gasteiger partial charge in [-0.25, -0.2) is 4.98 Å². The fourth-order valence-electron chi connectivity index (χ4n) is 2.64. The van der Waals surface area contributed by atoms with Crippen LogP contribution in [0.25, 0.3) is 5.57 Å². The molecule has 0 saturated heterocycles. The molecule has 112 valence electrons. The summed E-state index contributed by atoms with van der Waals surface area (Å²) in [7, 11) is 0. The highest BCUT2D eigenvalue weighted by Gasteiger charge is 2.11. The van der Waals surface area contributed by atoms with Crippen LogP contribution >= 0.6 is 0 Å². The Balaban J connectivity index is 1.94. The van der Waals surface area contributed by atoms with Gasteiger partial charge in [0, 0.05) is 24.5 Å². The molecule has 0 atom stereocenters. The van der Waals surface area contributed by atoms with E-state index in [1.165, 1.54) is 5.56 Å². The van der Waals surface area contributed by atoms with Gasteiger partial charge in [0.05, 0.1) is 11.6 Å². The van der Waals surface area contributed by atoms with Crippen LogP contribution in [0.1, 0.15) is 28.1 Å². The van der Waals surface area contributed by atoms with Crippen LogP contribution in [0, 0.1) is 18.3 Å². The van der Waals surface area contributed by atoms with Crippen LogP contribution in [-0.2, 0) is 6.54 Å². The molecule has 3 aromatic rings. The number of rotatable bonds is 4. The van der Waals surface area contributed by atoms with E-state index in [1.54, 1.807) is 6.20 Å². The normalized spacial score (nSPS) is 10.3. The molecule has 0 aliphatic rings. The van der Waals surface area contributed by atoms with Crippen molar-refractivity contribution in [2.75, 3.05) is 0 Å². The van der Waals surface area contributed by atoms with Gasteiger partial charge < -0.3 is 4.57 Å². The van der Waals surface area contributed by atoms with Crippen molar-refractivity contribution in [3.8, 4) is 6.07 Å². The molecule has 0 radical (unpaired) electrons. The first-order valence-corrected chi connectivity index (χ1v) is 7.44. The largest absolute Gasteiger partial charge is 0.327 e. The first-order chi connectivity index (χ1) is 11.2. The summed E-state index contributed by atoms with van der Waals surface area (Å²) in [6.45, 7) is 6.92. The highest BCUT2D eigenvalue weighted by molar-refractivity contribution is 5.75. The molecule has 3 nitrogen and oxygen atoms in total. The Bertz CT molecular complexity index is 883. The highest BCUT2D eigenvalue weighted by Crippen LogP contribution is 2.23. The van der Waals surface area contributed by atoms with E-state index < -0.39 is 0 Å². The first-order valence-electron chi connectivity index (χ1n) is 7.44. The summed E-state index contributed by atoms with van der Waals surface area (Å²) in [6.07, 6.45) is 3.74. The summed E-state index contributed by atoms with van der Waals surface area (Å²) in [4.78, 5) is 4.45. The predicted octanol–water partition coefficient (Wildman–Crippen LogP) is 4.17. The number of benzene rings is 2. The number of aromatic nitrogens is 2. The van der Waals surface area contributed by atoms with E-state index in [2.05, 4.69) is 34.3 Å². The summed E-state index contributed by atoms with van der Waals surface area (Å²) >= 11 is 0. The van der Waals surface area contributed by atoms with Crippen molar-refractivity contribution >= 4 is 5.57 Å². The SMILES string of the molecule is C=C(c1cc(C)cc(C#N)c1)c1nccn1Cc1ccccc1. The van der Waals surface area contributed by atoms with Gasteiger partial charge in [0.2, 0.25) is 0 Å². The van der Waals surface area contributed by atoms with Crippen LogP contribution in [0.4, 0.5) is 0 Å². The molecule has 23 heavy (non-hydrogen) atoms. The summed E-state index contributed by atoms with van der Waals surface area (Å²) in [6, 6.07) is 18.2. The molecule has 1 heterocycles. The molecule has 0 spiro atoms. The van der Waals surface area contributed by atoms with Crippen LogP contribution in [0.5, 0.6) is 0 Å². The number of nitriles is 1. The van der Waals surface area contributed by atoms with Gasteiger partial charge in [-0.05, 0) is 35.7 Å². The van der Waals surface area contributed by atoms with Crippen LogP contribution in [0.3, 0.4) is 0 Å². The molecule has 0 fully saturated rings. The van der Waals surface area contributed by atoms with E-state index in [0.717, 1.165) is 29.1 Å². The van der Waals surface area contributed by atoms with Crippen LogP contribution in [0.2, 0.25) is 0 Å². The monoisotopic (exact) mass is 299 g/mol. The number of imidazole rings is 1. The topological polar surface area (TPSA) is 41.6 Å². The Morgan fingerprint density at radius 3 is 2.74 bits per heavy atom. The fourth-order valence-corrected chi connectivity index (χ4v) is 2.64. The maximum Gasteiger partial charge on any atom is 0.140 e. The fraction of sp³-hybridized carbons (Fsp3) is 0.100. The third-order valence-electron chi connectivity index (χ3n) is 3.74. The maximum absolute atomic E-state index is 9.15. The van der Waals surface area contributed by atoms with Crippen molar-refractivity contribution in [1.29, 1.82) is 5.26 Å². The zero-order valence-corrected chi connectivity index (χ0v) is 13.0. The standard InChI is InChI=1S/C20H17N3/c1-15-10-18(13-21)12-19(11-15)16(2)20-22-8-9-23(20)14-17-6-4-3-5-7-17/h3-12H,2,14H2,1H3. The molecule has 0 N–H and O–H groups in total. The molecular formula is C20H17N3. The third-order valence-corrected chi connectivity index (χ3v) is 3.74. The second-order valence-corrected chi connectivity index (χ2v) is 5.54. The molecule has 0 bridgehead atoms. The Morgan fingerprint density at radius 1 is 1.22 bits per heavy atom. The minimum atomic E-state index is 0.641. The van der Waals surface area contributed by atoms with Gasteiger partial charge in [-0.15, -0.1) is 0 Å². The molecule has 3 heteroatoms. The van der Waals surface area contributed by atoms with Gasteiger partial charge in [0.15, 0.2) is 0 Å². The Morgan fingerprint density at radius 2 is 2.00 bits per heavy atom. The smallest absolute Gasteiger partial charge is 0.140 e. The van der Waals surface area contributed by atoms with Crippen LogP contribution < -0.4 is 0 Å². The van der Waals surface area contributed by atoms with Gasteiger partial charge in [-0.3, -0.25) is 0 Å². The highest BCUT2D eigenvalue weighted by atomic mass is 15.1. The van der Waals surface area contributed by atoms with Crippen molar-refractivity contribution in [3.63, 3.8) is 0 Å². The average Bonchev–Trinajstić information content (AvgIpc) is 3.02. The van der Waals surface area contributed by atoms with Crippen molar-refractivity contribution < 1.29 is 0 Å². The van der Waals surface area contributed by atoms with Crippen molar-refractivity contribution in [1.82, 2.24) is 9.55 Å². The Hall–Kier alpha value is -3.12. The van der Waals surface area contributed by atoms with Gasteiger partial charge >= 0.3 is 0 Å². The molecule has 0 amide bonds. The van der Waals surface area contributed by atoms with Crippen LogP contribution in [-0.4, -0.2) is 9.55 Å². The molecule has 1 aromatic heterocycles. The average molecular weight is 299 g/mol. The third kappa shape index (κ3) is 3.22. The lowest BCUT2D eigenvalue weighted by atomic mass is 10.0. The Labute approximate surface area is 136 Å². The van der Waals surface area contributed by atoms with Gasteiger partial charge in [0.1, 0.15) is 5.82 Å². The summed E-state index contributed by atoms with van der Waals surface area (Å²) in [5.74, 6) is 0.823. The van der Waals surface area contributed by atoms with Crippen molar-refractivity contribution in [2.45, 2.75) is 13.5 Å². The predicted molar refractivity (Wildman–Crippen MR) is 91.8 cm³/mol. The van der Waals surface area contributed by atoms with E-state index in [0.29, 0.717) is 5.56 Å². The second-order valence-electron chi connectivity index (χ2n) is 5.54. The minimum absolute atomic E-state index is 0.641. The quantitative estimate of drug-likeness (QED) is 0.725. The lowest BCUT2D eigenvalue weighted by Gasteiger charge is -2.11. The first kappa shape index (κ1) is 14.8. The molecule has 0 saturated carbocycles. The van der Waals surface area contributed by atoms with E-state index in [4.69, 9.17) is 5.26 Å².